The average molecular weight is 591 g/mol. The van der Waals surface area contributed by atoms with E-state index in [1.54, 1.807) is 30.1 Å². The lowest BCUT2D eigenvalue weighted by Gasteiger charge is -2.14. The van der Waals surface area contributed by atoms with Gasteiger partial charge in [0.05, 0.1) is 48.8 Å². The molecule has 0 fully saturated rings. The molecule has 0 bridgehead atoms. The van der Waals surface area contributed by atoms with E-state index in [0.29, 0.717) is 40.6 Å². The van der Waals surface area contributed by atoms with Crippen molar-refractivity contribution in [2.24, 2.45) is 7.05 Å². The SMILES string of the molecule is COc1cc2c(-c3ccc(NC(=O)Cc4ccc(C(F)(F)F)cc4)cc3)ncnc2cc1OCCCNc1cnn(C)c1. The number of hydrogen-bond acceptors (Lipinski definition) is 7. The van der Waals surface area contributed by atoms with Crippen LogP contribution in [0.1, 0.15) is 17.5 Å². The topological polar surface area (TPSA) is 103 Å². The number of rotatable bonds is 11. The standard InChI is InChI=1S/C31H29F3N6O3/c1-40-18-24(17-38-40)35-12-3-13-43-28-16-26-25(15-27(28)42-2)30(37-19-36-26)21-6-10-23(11-7-21)39-29(41)14-20-4-8-22(9-5-20)31(32,33)34/h4-11,15-19,35H,3,12-14H2,1-2H3,(H,39,41). The predicted molar refractivity (Wildman–Crippen MR) is 157 cm³/mol. The van der Waals surface area contributed by atoms with Crippen LogP contribution in [0.2, 0.25) is 0 Å². The smallest absolute Gasteiger partial charge is 0.416 e. The number of aromatic nitrogens is 4. The highest BCUT2D eigenvalue weighted by Gasteiger charge is 2.30. The van der Waals surface area contributed by atoms with E-state index >= 15 is 0 Å². The molecule has 1 amide bonds. The van der Waals surface area contributed by atoms with Gasteiger partial charge < -0.3 is 20.1 Å². The summed E-state index contributed by atoms with van der Waals surface area (Å²) in [6, 6.07) is 15.3. The van der Waals surface area contributed by atoms with E-state index in [0.717, 1.165) is 41.7 Å². The molecule has 0 aliphatic carbocycles. The van der Waals surface area contributed by atoms with Crippen molar-refractivity contribution in [1.29, 1.82) is 0 Å². The monoisotopic (exact) mass is 590 g/mol. The Morgan fingerprint density at radius 2 is 1.74 bits per heavy atom. The molecule has 2 heterocycles. The molecule has 0 saturated heterocycles. The molecular weight excluding hydrogens is 561 g/mol. The van der Waals surface area contributed by atoms with Crippen LogP contribution in [0.5, 0.6) is 11.5 Å². The van der Waals surface area contributed by atoms with E-state index < -0.39 is 11.7 Å². The van der Waals surface area contributed by atoms with E-state index in [1.165, 1.54) is 18.5 Å². The highest BCUT2D eigenvalue weighted by molar-refractivity contribution is 5.95. The first-order valence-electron chi connectivity index (χ1n) is 13.4. The van der Waals surface area contributed by atoms with Gasteiger partial charge in [0.2, 0.25) is 5.91 Å². The quantitative estimate of drug-likeness (QED) is 0.179. The van der Waals surface area contributed by atoms with Crippen LogP contribution in [0, 0.1) is 0 Å². The minimum absolute atomic E-state index is 0.0539. The Labute approximate surface area is 245 Å². The second-order valence-corrected chi connectivity index (χ2v) is 9.77. The minimum atomic E-state index is -4.42. The van der Waals surface area contributed by atoms with Crippen molar-refractivity contribution in [3.05, 3.63) is 90.5 Å². The molecule has 0 unspecified atom stereocenters. The van der Waals surface area contributed by atoms with Crippen LogP contribution < -0.4 is 20.1 Å². The minimum Gasteiger partial charge on any atom is -0.493 e. The number of methoxy groups -OCH3 is 1. The number of benzene rings is 3. The summed E-state index contributed by atoms with van der Waals surface area (Å²) < 4.78 is 51.7. The number of halogens is 3. The number of carbonyl (C=O) groups excluding carboxylic acids is 1. The molecule has 0 spiro atoms. The van der Waals surface area contributed by atoms with E-state index in [2.05, 4.69) is 25.7 Å². The molecule has 3 aromatic carbocycles. The first kappa shape index (κ1) is 29.4. The summed E-state index contributed by atoms with van der Waals surface area (Å²) in [6.07, 6.45) is 1.44. The van der Waals surface area contributed by atoms with Crippen LogP contribution in [0.3, 0.4) is 0 Å². The summed E-state index contributed by atoms with van der Waals surface area (Å²) in [7, 11) is 3.44. The third-order valence-corrected chi connectivity index (χ3v) is 6.62. The third kappa shape index (κ3) is 7.39. The molecule has 0 atom stereocenters. The van der Waals surface area contributed by atoms with Gasteiger partial charge in [-0.05, 0) is 42.3 Å². The summed E-state index contributed by atoms with van der Waals surface area (Å²) in [4.78, 5) is 21.4. The molecule has 2 N–H and O–H groups in total. The van der Waals surface area contributed by atoms with E-state index in [1.807, 2.05) is 37.5 Å². The number of amides is 1. The highest BCUT2D eigenvalue weighted by Crippen LogP contribution is 2.36. The molecule has 12 heteroatoms. The number of hydrogen-bond donors (Lipinski definition) is 2. The second kappa shape index (κ2) is 12.8. The maximum Gasteiger partial charge on any atom is 0.416 e. The number of fused-ring (bicyclic) bond motifs is 1. The van der Waals surface area contributed by atoms with Gasteiger partial charge in [0.1, 0.15) is 6.33 Å². The van der Waals surface area contributed by atoms with Crippen molar-refractivity contribution in [2.45, 2.75) is 19.0 Å². The largest absolute Gasteiger partial charge is 0.493 e. The van der Waals surface area contributed by atoms with E-state index in [9.17, 15) is 18.0 Å². The molecule has 43 heavy (non-hydrogen) atoms. The predicted octanol–water partition coefficient (Wildman–Crippen LogP) is 6.12. The number of nitrogens with one attached hydrogen (secondary N) is 2. The third-order valence-electron chi connectivity index (χ3n) is 6.62. The Hall–Kier alpha value is -5.13. The van der Waals surface area contributed by atoms with Crippen molar-refractivity contribution in [3.63, 3.8) is 0 Å². The van der Waals surface area contributed by atoms with Gasteiger partial charge in [-0.1, -0.05) is 24.3 Å². The summed E-state index contributed by atoms with van der Waals surface area (Å²) in [6.45, 7) is 1.19. The molecule has 0 aliphatic heterocycles. The first-order chi connectivity index (χ1) is 20.7. The fourth-order valence-corrected chi connectivity index (χ4v) is 4.48. The Morgan fingerprint density at radius 3 is 2.42 bits per heavy atom. The number of alkyl halides is 3. The summed E-state index contributed by atoms with van der Waals surface area (Å²) in [5.41, 5.74) is 3.38. The zero-order chi connectivity index (χ0) is 30.4. The highest BCUT2D eigenvalue weighted by atomic mass is 19.4. The van der Waals surface area contributed by atoms with Crippen molar-refractivity contribution in [1.82, 2.24) is 19.7 Å². The Morgan fingerprint density at radius 1 is 0.977 bits per heavy atom. The van der Waals surface area contributed by atoms with Gasteiger partial charge in [0.15, 0.2) is 11.5 Å². The molecule has 0 aliphatic rings. The van der Waals surface area contributed by atoms with Crippen molar-refractivity contribution < 1.29 is 27.4 Å². The van der Waals surface area contributed by atoms with Crippen molar-refractivity contribution in [2.75, 3.05) is 30.9 Å². The molecule has 5 aromatic rings. The van der Waals surface area contributed by atoms with Crippen LogP contribution in [0.25, 0.3) is 22.2 Å². The van der Waals surface area contributed by atoms with Crippen LogP contribution in [-0.2, 0) is 24.4 Å². The number of nitrogens with zero attached hydrogens (tertiary/aromatic N) is 4. The first-order valence-corrected chi connectivity index (χ1v) is 13.4. The maximum atomic E-state index is 12.8. The Bertz CT molecular complexity index is 1700. The van der Waals surface area contributed by atoms with Gasteiger partial charge in [0, 0.05) is 42.5 Å². The zero-order valence-electron chi connectivity index (χ0n) is 23.5. The van der Waals surface area contributed by atoms with E-state index in [-0.39, 0.29) is 12.3 Å². The molecular formula is C31H29F3N6O3. The van der Waals surface area contributed by atoms with Gasteiger partial charge in [-0.3, -0.25) is 9.48 Å². The molecule has 2 aromatic heterocycles. The lowest BCUT2D eigenvalue weighted by Crippen LogP contribution is -2.14. The van der Waals surface area contributed by atoms with Gasteiger partial charge in [-0.15, -0.1) is 0 Å². The van der Waals surface area contributed by atoms with Crippen LogP contribution in [0.15, 0.2) is 79.4 Å². The maximum absolute atomic E-state index is 12.8. The average Bonchev–Trinajstić information content (AvgIpc) is 3.41. The second-order valence-electron chi connectivity index (χ2n) is 9.77. The van der Waals surface area contributed by atoms with Gasteiger partial charge in [0.25, 0.3) is 0 Å². The number of aryl methyl sites for hydroxylation is 1. The van der Waals surface area contributed by atoms with Crippen LogP contribution in [-0.4, -0.2) is 45.9 Å². The van der Waals surface area contributed by atoms with Crippen LogP contribution in [0.4, 0.5) is 24.5 Å². The fraction of sp³-hybridized carbons (Fsp3) is 0.226. The molecule has 0 radical (unpaired) electrons. The summed E-state index contributed by atoms with van der Waals surface area (Å²) in [5.74, 6) is 0.785. The Kier molecular flexibility index (Phi) is 8.74. The fourth-order valence-electron chi connectivity index (χ4n) is 4.48. The zero-order valence-corrected chi connectivity index (χ0v) is 23.5. The molecule has 5 rings (SSSR count). The summed E-state index contributed by atoms with van der Waals surface area (Å²) >= 11 is 0. The van der Waals surface area contributed by atoms with Gasteiger partial charge in [-0.25, -0.2) is 9.97 Å². The normalized spacial score (nSPS) is 11.4. The van der Waals surface area contributed by atoms with Crippen LogP contribution >= 0.6 is 0 Å². The number of ether oxygens (including phenoxy) is 2. The van der Waals surface area contributed by atoms with Crippen molar-refractivity contribution in [3.8, 4) is 22.8 Å². The molecule has 0 saturated carbocycles. The Balaban J connectivity index is 1.22. The van der Waals surface area contributed by atoms with E-state index in [4.69, 9.17) is 9.47 Å². The molecule has 222 valence electrons. The lowest BCUT2D eigenvalue weighted by atomic mass is 10.1. The lowest BCUT2D eigenvalue weighted by molar-refractivity contribution is -0.137. The van der Waals surface area contributed by atoms with Crippen molar-refractivity contribution >= 4 is 28.2 Å². The molecule has 9 nitrogen and oxygen atoms in total. The number of anilines is 2. The number of carbonyl (C=O) groups is 1. The summed E-state index contributed by atoms with van der Waals surface area (Å²) in [5, 5.41) is 11.0. The van der Waals surface area contributed by atoms with Gasteiger partial charge >= 0.3 is 6.18 Å². The van der Waals surface area contributed by atoms with Gasteiger partial charge in [-0.2, -0.15) is 18.3 Å².